The number of halogens is 1. The molecule has 0 amide bonds. The van der Waals surface area contributed by atoms with E-state index in [2.05, 4.69) is 217 Å². The van der Waals surface area contributed by atoms with E-state index in [1.165, 1.54) is 53.0 Å². The van der Waals surface area contributed by atoms with Gasteiger partial charge in [0, 0.05) is 0 Å². The quantitative estimate of drug-likeness (QED) is 0.0852. The Kier molecular flexibility index (Phi) is 9.23. The van der Waals surface area contributed by atoms with E-state index < -0.39 is 19.8 Å². The number of aryl methyl sites for hydroxylation is 1. The van der Waals surface area contributed by atoms with Crippen LogP contribution in [0.1, 0.15) is 33.2 Å². The molecule has 0 bridgehead atoms. The van der Waals surface area contributed by atoms with Crippen molar-refractivity contribution in [3.05, 3.63) is 216 Å². The van der Waals surface area contributed by atoms with Gasteiger partial charge in [0.2, 0.25) is 0 Å². The molecule has 0 saturated carbocycles. The molecule has 8 aromatic carbocycles. The molecule has 276 valence electrons. The normalized spacial score (nSPS) is 14.8. The summed E-state index contributed by atoms with van der Waals surface area (Å²) in [7, 11) is 0. The molecule has 0 fully saturated rings. The zero-order valence-electron chi connectivity index (χ0n) is 31.9. The number of anilines is 3. The average molecular weight is 849 g/mol. The Balaban J connectivity index is 1.21. The number of hydrogen-bond acceptors (Lipinski definition) is 3. The van der Waals surface area contributed by atoms with Crippen LogP contribution in [0, 0.1) is 6.92 Å². The van der Waals surface area contributed by atoms with E-state index in [9.17, 15) is 0 Å². The first-order valence-electron chi connectivity index (χ1n) is 19.5. The third-order valence-corrected chi connectivity index (χ3v) is 17.1. The average Bonchev–Trinajstić information content (AvgIpc) is 3.61. The fraction of sp³-hybridized carbons (Fsp3) is 0.0769. The van der Waals surface area contributed by atoms with Crippen LogP contribution in [-0.4, -0.2) is 18.5 Å². The minimum atomic E-state index is -1.96. The van der Waals surface area contributed by atoms with Gasteiger partial charge in [0.1, 0.15) is 0 Å². The fourth-order valence-corrected chi connectivity index (χ4v) is 13.9. The molecule has 4 nitrogen and oxygen atoms in total. The van der Waals surface area contributed by atoms with Gasteiger partial charge in [-0.05, 0) is 0 Å². The molecule has 2 heterocycles. The van der Waals surface area contributed by atoms with Gasteiger partial charge in [0.15, 0.2) is 0 Å². The van der Waals surface area contributed by atoms with Crippen molar-refractivity contribution in [3.63, 3.8) is 0 Å². The molecule has 0 radical (unpaired) electrons. The number of para-hydroxylation sites is 2. The van der Waals surface area contributed by atoms with Gasteiger partial charge in [0.05, 0.1) is 0 Å². The number of fused-ring (bicyclic) bond motifs is 5. The van der Waals surface area contributed by atoms with Crippen molar-refractivity contribution in [2.45, 2.75) is 17.9 Å². The van der Waals surface area contributed by atoms with Crippen molar-refractivity contribution in [2.75, 3.05) is 9.33 Å². The van der Waals surface area contributed by atoms with Gasteiger partial charge in [-0.1, -0.05) is 36.4 Å². The summed E-state index contributed by atoms with van der Waals surface area (Å²) < 4.78 is 4.86. The van der Waals surface area contributed by atoms with Crippen molar-refractivity contribution in [1.29, 1.82) is 0 Å². The maximum absolute atomic E-state index is 5.53. The van der Waals surface area contributed by atoms with Crippen LogP contribution in [0.3, 0.4) is 0 Å². The molecular formula is C52H41IN4. The molecule has 1 aliphatic heterocycles. The zero-order valence-corrected chi connectivity index (χ0v) is 34.1. The Morgan fingerprint density at radius 1 is 0.561 bits per heavy atom. The van der Waals surface area contributed by atoms with Crippen molar-refractivity contribution in [2.24, 2.45) is 9.98 Å². The Bertz CT molecular complexity index is 2910. The Labute approximate surface area is 340 Å². The van der Waals surface area contributed by atoms with Crippen molar-refractivity contribution < 1.29 is 0 Å². The van der Waals surface area contributed by atoms with E-state index >= 15 is 0 Å². The van der Waals surface area contributed by atoms with Gasteiger partial charge in [-0.3, -0.25) is 0 Å². The van der Waals surface area contributed by atoms with Crippen LogP contribution in [0.15, 0.2) is 204 Å². The number of hydrogen-bond donors (Lipinski definition) is 0. The third kappa shape index (κ3) is 6.32. The number of amidine groups is 1. The maximum atomic E-state index is 5.53. The van der Waals surface area contributed by atoms with Gasteiger partial charge >= 0.3 is 306 Å². The van der Waals surface area contributed by atoms with Crippen molar-refractivity contribution in [1.82, 2.24) is 4.57 Å². The number of nitrogens with zero attached hydrogens (tertiary/aromatic N) is 4. The molecule has 57 heavy (non-hydrogen) atoms. The predicted octanol–water partition coefficient (Wildman–Crippen LogP) is 14.1. The van der Waals surface area contributed by atoms with Crippen LogP contribution in [0.5, 0.6) is 0 Å². The SMILES string of the molecule is CCI1C(c2ccccc2)=NC(c2ccccc2)=NC1c1cccc(-n2c3ccc(C)cc3c3cc(N(c4ccccc4)c4ccccc4)c4ccccc4c32)c1. The van der Waals surface area contributed by atoms with Gasteiger partial charge in [-0.15, -0.1) is 0 Å². The van der Waals surface area contributed by atoms with Crippen LogP contribution in [-0.2, 0) is 0 Å². The van der Waals surface area contributed by atoms with Gasteiger partial charge < -0.3 is 0 Å². The van der Waals surface area contributed by atoms with E-state index in [1.54, 1.807) is 0 Å². The summed E-state index contributed by atoms with van der Waals surface area (Å²) in [6.07, 6.45) is 0. The number of benzene rings is 8. The summed E-state index contributed by atoms with van der Waals surface area (Å²) in [5, 5.41) is 4.88. The van der Waals surface area contributed by atoms with Gasteiger partial charge in [-0.25, -0.2) is 0 Å². The summed E-state index contributed by atoms with van der Waals surface area (Å²) >= 11 is -1.96. The number of rotatable bonds is 8. The Morgan fingerprint density at radius 3 is 1.84 bits per heavy atom. The first kappa shape index (κ1) is 35.1. The van der Waals surface area contributed by atoms with Crippen LogP contribution in [0.2, 0.25) is 0 Å². The van der Waals surface area contributed by atoms with Crippen LogP contribution >= 0.6 is 19.8 Å². The summed E-state index contributed by atoms with van der Waals surface area (Å²) in [6, 6.07) is 70.1. The molecule has 0 N–H and O–H groups in total. The van der Waals surface area contributed by atoms with E-state index in [4.69, 9.17) is 9.98 Å². The molecular weight excluding hydrogens is 808 g/mol. The first-order valence-corrected chi connectivity index (χ1v) is 23.4. The summed E-state index contributed by atoms with van der Waals surface area (Å²) in [5.41, 5.74) is 11.7. The molecule has 0 saturated heterocycles. The topological polar surface area (TPSA) is 32.9 Å². The van der Waals surface area contributed by atoms with Crippen molar-refractivity contribution >= 4 is 79.0 Å². The Morgan fingerprint density at radius 2 is 1.18 bits per heavy atom. The van der Waals surface area contributed by atoms with E-state index in [0.717, 1.165) is 38.6 Å². The van der Waals surface area contributed by atoms with Gasteiger partial charge in [0.25, 0.3) is 0 Å². The molecule has 0 aliphatic carbocycles. The Hall–Kier alpha value is -6.31. The number of aromatic nitrogens is 1. The fourth-order valence-electron chi connectivity index (χ4n) is 8.26. The molecule has 1 aliphatic rings. The molecule has 5 heteroatoms. The second kappa shape index (κ2) is 15.0. The minimum absolute atomic E-state index is 0.0473. The van der Waals surface area contributed by atoms with E-state index in [-0.39, 0.29) is 4.05 Å². The molecule has 0 spiro atoms. The monoisotopic (exact) mass is 848 g/mol. The zero-order chi connectivity index (χ0) is 38.3. The standard InChI is InChI=1S/C52H41IN4/c1-3-53-50(37-19-8-4-9-20-37)54-52(38-21-10-5-11-22-38)55-51(53)39-23-18-28-42(34-39)57-47-32-31-36(2)33-45(47)46-35-48(43-29-16-17-30-44(43)49(46)57)56(40-24-12-6-13-25-40)41-26-14-7-15-27-41/h4-35,51H,3H2,1-2H3. The van der Waals surface area contributed by atoms with Crippen molar-refractivity contribution in [3.8, 4) is 5.69 Å². The van der Waals surface area contributed by atoms with Crippen LogP contribution < -0.4 is 4.90 Å². The second-order valence-electron chi connectivity index (χ2n) is 14.4. The molecule has 1 aromatic heterocycles. The summed E-state index contributed by atoms with van der Waals surface area (Å²) in [6.45, 7) is 4.52. The van der Waals surface area contributed by atoms with Crippen LogP contribution in [0.4, 0.5) is 17.1 Å². The van der Waals surface area contributed by atoms with Crippen LogP contribution in [0.25, 0.3) is 38.3 Å². The summed E-state index contributed by atoms with van der Waals surface area (Å²) in [4.78, 5) is 13.3. The summed E-state index contributed by atoms with van der Waals surface area (Å²) in [5.74, 6) is 0.819. The second-order valence-corrected chi connectivity index (χ2v) is 20.4. The molecule has 1 atom stereocenters. The third-order valence-electron chi connectivity index (χ3n) is 10.8. The predicted molar refractivity (Wildman–Crippen MR) is 251 cm³/mol. The molecule has 1 unspecified atom stereocenters. The van der Waals surface area contributed by atoms with E-state index in [1.807, 2.05) is 0 Å². The number of alkyl halides is 2. The van der Waals surface area contributed by atoms with E-state index in [0.29, 0.717) is 0 Å². The molecule has 10 rings (SSSR count). The first-order chi connectivity index (χ1) is 28.2. The van der Waals surface area contributed by atoms with Gasteiger partial charge in [-0.2, -0.15) is 0 Å². The number of aliphatic imine (C=N–C) groups is 2. The molecule has 9 aromatic rings.